The number of hydrogen-bond donors (Lipinski definition) is 0. The Morgan fingerprint density at radius 3 is 0.915 bits per heavy atom. The molecular formula is C45H32P2. The minimum atomic E-state index is -2.55. The molecule has 0 unspecified atom stereocenters. The normalized spacial score (nSPS) is 14.3. The molecule has 1 aliphatic rings. The third-order valence-electron chi connectivity index (χ3n) is 9.66. The smallest absolute Gasteiger partial charge is 0.0181 e. The van der Waals surface area contributed by atoms with E-state index in [0.717, 1.165) is 0 Å². The maximum atomic E-state index is 4.77. The van der Waals surface area contributed by atoms with Crippen LogP contribution in [0.3, 0.4) is 0 Å². The van der Waals surface area contributed by atoms with Gasteiger partial charge in [-0.1, -0.05) is 194 Å². The van der Waals surface area contributed by atoms with Crippen LogP contribution in [0.5, 0.6) is 0 Å². The Balaban J connectivity index is 1.71. The molecule has 1 heterocycles. The second kappa shape index (κ2) is 11.3. The lowest BCUT2D eigenvalue weighted by molar-refractivity contribution is 1.72. The summed E-state index contributed by atoms with van der Waals surface area (Å²) in [5, 5.41) is 17.9. The third kappa shape index (κ3) is 4.24. The van der Waals surface area contributed by atoms with Crippen LogP contribution in [-0.4, -0.2) is 5.17 Å². The monoisotopic (exact) mass is 634 g/mol. The molecule has 0 aliphatic carbocycles. The van der Waals surface area contributed by atoms with Crippen molar-refractivity contribution in [3.63, 3.8) is 0 Å². The highest BCUT2D eigenvalue weighted by atomic mass is 31.2. The van der Waals surface area contributed by atoms with Crippen molar-refractivity contribution in [3.05, 3.63) is 194 Å². The molecule has 2 heteroatoms. The van der Waals surface area contributed by atoms with Crippen LogP contribution >= 0.6 is 13.8 Å². The molecule has 0 amide bonds. The predicted molar refractivity (Wildman–Crippen MR) is 209 cm³/mol. The van der Waals surface area contributed by atoms with E-state index in [0.29, 0.717) is 0 Å². The van der Waals surface area contributed by atoms with Gasteiger partial charge in [-0.2, -0.15) is 0 Å². The van der Waals surface area contributed by atoms with Crippen molar-refractivity contribution in [2.75, 3.05) is 0 Å². The molecule has 0 saturated heterocycles. The average Bonchev–Trinajstić information content (AvgIpc) is 3.29. The topological polar surface area (TPSA) is 0 Å². The van der Waals surface area contributed by atoms with Crippen molar-refractivity contribution in [1.82, 2.24) is 0 Å². The van der Waals surface area contributed by atoms with Gasteiger partial charge in [0.25, 0.3) is 0 Å². The van der Waals surface area contributed by atoms with Crippen molar-refractivity contribution in [2.45, 2.75) is 0 Å². The Hall–Kier alpha value is -5.08. The molecule has 0 N–H and O–H groups in total. The molecule has 8 aromatic carbocycles. The minimum absolute atomic E-state index is 1.26. The summed E-state index contributed by atoms with van der Waals surface area (Å²) in [7, 11) is 0. The van der Waals surface area contributed by atoms with E-state index in [1.54, 1.807) is 0 Å². The van der Waals surface area contributed by atoms with Crippen molar-refractivity contribution in [3.8, 4) is 11.1 Å². The Morgan fingerprint density at radius 1 is 0.277 bits per heavy atom. The first-order valence-corrected chi connectivity index (χ1v) is 19.7. The highest BCUT2D eigenvalue weighted by Crippen LogP contribution is 2.57. The molecule has 0 spiro atoms. The number of benzene rings is 8. The first-order valence-electron chi connectivity index (χ1n) is 16.2. The van der Waals surface area contributed by atoms with Crippen LogP contribution < -0.4 is 31.8 Å². The van der Waals surface area contributed by atoms with E-state index in [2.05, 4.69) is 194 Å². The van der Waals surface area contributed by atoms with Crippen molar-refractivity contribution < 1.29 is 0 Å². The van der Waals surface area contributed by atoms with Gasteiger partial charge in [-0.3, -0.25) is 0 Å². The first-order chi connectivity index (χ1) is 23.3. The van der Waals surface area contributed by atoms with Crippen LogP contribution in [0.1, 0.15) is 0 Å². The Labute approximate surface area is 276 Å². The Bertz CT molecular complexity index is 2280. The van der Waals surface area contributed by atoms with Crippen molar-refractivity contribution in [1.29, 1.82) is 0 Å². The number of hydrogen-bond acceptors (Lipinski definition) is 0. The van der Waals surface area contributed by atoms with Gasteiger partial charge in [0.15, 0.2) is 0 Å². The predicted octanol–water partition coefficient (Wildman–Crippen LogP) is 8.90. The van der Waals surface area contributed by atoms with Gasteiger partial charge < -0.3 is 0 Å². The van der Waals surface area contributed by atoms with E-state index in [1.165, 1.54) is 64.5 Å². The second-order valence-corrected chi connectivity index (χ2v) is 18.7. The Morgan fingerprint density at radius 2 is 0.574 bits per heavy atom. The van der Waals surface area contributed by atoms with Crippen LogP contribution in [0.15, 0.2) is 194 Å². The van der Waals surface area contributed by atoms with E-state index < -0.39 is 13.8 Å². The van der Waals surface area contributed by atoms with Gasteiger partial charge >= 0.3 is 0 Å². The second-order valence-electron chi connectivity index (χ2n) is 12.1. The number of rotatable bonds is 4. The Kier molecular flexibility index (Phi) is 6.78. The zero-order valence-electron chi connectivity index (χ0n) is 25.9. The first kappa shape index (κ1) is 28.2. The summed E-state index contributed by atoms with van der Waals surface area (Å²) >= 11 is 0. The fraction of sp³-hybridized carbons (Fsp3) is 0. The molecule has 0 nitrogen and oxygen atoms in total. The summed E-state index contributed by atoms with van der Waals surface area (Å²) in [5.41, 5.74) is 2.69. The van der Waals surface area contributed by atoms with E-state index in [-0.39, 0.29) is 0 Å². The summed E-state index contributed by atoms with van der Waals surface area (Å²) in [4.78, 5) is 0. The summed E-state index contributed by atoms with van der Waals surface area (Å²) in [5.74, 6) is 0. The molecular weight excluding hydrogens is 602 g/mol. The molecule has 0 fully saturated rings. The van der Waals surface area contributed by atoms with Crippen LogP contribution in [0.2, 0.25) is 0 Å². The zero-order chi connectivity index (χ0) is 31.3. The van der Waals surface area contributed by atoms with Gasteiger partial charge in [0.2, 0.25) is 0 Å². The van der Waals surface area contributed by atoms with E-state index in [4.69, 9.17) is 5.17 Å². The van der Waals surface area contributed by atoms with Crippen molar-refractivity contribution >= 4 is 72.3 Å². The fourth-order valence-electron chi connectivity index (χ4n) is 7.63. The van der Waals surface area contributed by atoms with E-state index >= 15 is 0 Å². The summed E-state index contributed by atoms with van der Waals surface area (Å²) in [6.07, 6.45) is 0. The van der Waals surface area contributed by atoms with E-state index in [1.807, 2.05) is 0 Å². The lowest BCUT2D eigenvalue weighted by atomic mass is 9.93. The van der Waals surface area contributed by atoms with Crippen molar-refractivity contribution in [2.24, 2.45) is 0 Å². The lowest BCUT2D eigenvalue weighted by Gasteiger charge is -2.30. The van der Waals surface area contributed by atoms with Gasteiger partial charge in [0, 0.05) is 13.8 Å². The van der Waals surface area contributed by atoms with Gasteiger partial charge in [-0.05, 0) is 64.5 Å². The molecule has 8 aromatic rings. The quantitative estimate of drug-likeness (QED) is 0.170. The van der Waals surface area contributed by atoms with E-state index in [9.17, 15) is 0 Å². The molecule has 0 atom stereocenters. The standard InChI is InChI=1S/C45H32P2/c1-5-19-36(20-6-1)46(37-21-7-2-8-22-37)33-47(38-23-9-3-10-24-38,39-25-11-4-12-26-39)43-32-30-35-18-14-16-28-41(35)45(43)44-40-27-15-13-17-34(40)29-31-42(44)46/h1-32H. The highest BCUT2D eigenvalue weighted by Gasteiger charge is 2.38. The van der Waals surface area contributed by atoms with Crippen LogP contribution in [0, 0.1) is 0 Å². The van der Waals surface area contributed by atoms with Crippen LogP contribution in [0.4, 0.5) is 0 Å². The minimum Gasteiger partial charge on any atom is -0.105 e. The maximum absolute atomic E-state index is 4.77. The third-order valence-corrected chi connectivity index (χ3v) is 18.5. The summed E-state index contributed by atoms with van der Waals surface area (Å²) < 4.78 is 0. The largest absolute Gasteiger partial charge is 0.105 e. The number of fused-ring (bicyclic) bond motifs is 7. The average molecular weight is 635 g/mol. The van der Waals surface area contributed by atoms with Gasteiger partial charge in [0.05, 0.1) is 0 Å². The van der Waals surface area contributed by atoms with Crippen LogP contribution in [-0.2, 0) is 0 Å². The molecule has 47 heavy (non-hydrogen) atoms. The molecule has 222 valence electrons. The summed E-state index contributed by atoms with van der Waals surface area (Å²) in [6, 6.07) is 72.6. The SMILES string of the molecule is C1=P(c2ccccc2)(c2ccccc2)c2ccc3ccccc3c2-c2c(ccc3ccccc23)P=1(c1ccccc1)c1ccccc1. The molecule has 0 bridgehead atoms. The van der Waals surface area contributed by atoms with Crippen LogP contribution in [0.25, 0.3) is 32.7 Å². The molecule has 1 aliphatic heterocycles. The fourth-order valence-corrected chi connectivity index (χ4v) is 18.1. The molecule has 0 saturated carbocycles. The summed E-state index contributed by atoms with van der Waals surface area (Å²) in [6.45, 7) is -5.09. The highest BCUT2D eigenvalue weighted by molar-refractivity contribution is 8.06. The molecule has 0 aromatic heterocycles. The lowest BCUT2D eigenvalue weighted by Crippen LogP contribution is -2.28. The maximum Gasteiger partial charge on any atom is 0.0181 e. The van der Waals surface area contributed by atoms with Gasteiger partial charge in [-0.15, -0.1) is 5.17 Å². The van der Waals surface area contributed by atoms with Gasteiger partial charge in [0.1, 0.15) is 0 Å². The van der Waals surface area contributed by atoms with Gasteiger partial charge in [-0.25, -0.2) is 0 Å². The zero-order valence-corrected chi connectivity index (χ0v) is 27.7. The molecule has 9 rings (SSSR count). The molecule has 0 radical (unpaired) electrons.